The van der Waals surface area contributed by atoms with Crippen molar-refractivity contribution in [2.45, 2.75) is 30.9 Å². The number of likely N-dealkylation sites (tertiary alicyclic amines) is 1. The van der Waals surface area contributed by atoms with Crippen LogP contribution in [0.25, 0.3) is 0 Å². The highest BCUT2D eigenvalue weighted by atomic mass is 35.5. The molecule has 2 aromatic rings. The van der Waals surface area contributed by atoms with Crippen LogP contribution in [0, 0.1) is 0 Å². The number of carbonyl (C=O) groups excluding carboxylic acids is 1. The zero-order valence-electron chi connectivity index (χ0n) is 16.8. The maximum Gasteiger partial charge on any atom is 0.231 e. The number of amides is 1. The molecule has 0 radical (unpaired) electrons. The third-order valence-corrected chi connectivity index (χ3v) is 6.75. The van der Waals surface area contributed by atoms with Gasteiger partial charge in [0.15, 0.2) is 0 Å². The predicted molar refractivity (Wildman–Crippen MR) is 121 cm³/mol. The van der Waals surface area contributed by atoms with Crippen molar-refractivity contribution in [1.82, 2.24) is 9.80 Å². The van der Waals surface area contributed by atoms with Gasteiger partial charge in [-0.15, -0.1) is 0 Å². The van der Waals surface area contributed by atoms with Gasteiger partial charge in [0.25, 0.3) is 0 Å². The Hall–Kier alpha value is -1.85. The van der Waals surface area contributed by atoms with Gasteiger partial charge in [-0.3, -0.25) is 9.69 Å². The van der Waals surface area contributed by atoms with E-state index in [0.717, 1.165) is 24.1 Å². The molecule has 1 fully saturated rings. The van der Waals surface area contributed by atoms with Crippen LogP contribution in [0.4, 0.5) is 0 Å². The summed E-state index contributed by atoms with van der Waals surface area (Å²) in [5.41, 5.74) is 1.99. The molecule has 2 aromatic carbocycles. The highest BCUT2D eigenvalue weighted by Gasteiger charge is 2.34. The van der Waals surface area contributed by atoms with E-state index in [4.69, 9.17) is 23.2 Å². The van der Waals surface area contributed by atoms with E-state index in [0.29, 0.717) is 36.1 Å². The van der Waals surface area contributed by atoms with Crippen LogP contribution >= 0.6 is 23.2 Å². The van der Waals surface area contributed by atoms with Gasteiger partial charge in [0.1, 0.15) is 0 Å². The summed E-state index contributed by atoms with van der Waals surface area (Å²) < 4.78 is 0. The minimum absolute atomic E-state index is 0.0861. The van der Waals surface area contributed by atoms with Gasteiger partial charge in [-0.1, -0.05) is 71.8 Å². The van der Waals surface area contributed by atoms with Gasteiger partial charge >= 0.3 is 0 Å². The van der Waals surface area contributed by atoms with E-state index in [1.54, 1.807) is 12.1 Å². The Kier molecular flexibility index (Phi) is 6.79. The summed E-state index contributed by atoms with van der Waals surface area (Å²) in [5, 5.41) is 10.9. The number of rotatable bonds is 5. The highest BCUT2D eigenvalue weighted by molar-refractivity contribution is 6.42. The van der Waals surface area contributed by atoms with Gasteiger partial charge < -0.3 is 10.0 Å². The smallest absolute Gasteiger partial charge is 0.231 e. The number of hydrogen-bond acceptors (Lipinski definition) is 3. The molecule has 30 heavy (non-hydrogen) atoms. The van der Waals surface area contributed by atoms with Crippen LogP contribution in [0.1, 0.15) is 35.9 Å². The average molecular weight is 445 g/mol. The molecule has 3 atom stereocenters. The molecule has 0 spiro atoms. The highest BCUT2D eigenvalue weighted by Crippen LogP contribution is 2.34. The third kappa shape index (κ3) is 4.73. The lowest BCUT2D eigenvalue weighted by Gasteiger charge is -2.35. The number of hydrogen-bond donors (Lipinski definition) is 1. The maximum atomic E-state index is 13.7. The molecule has 1 amide bonds. The lowest BCUT2D eigenvalue weighted by molar-refractivity contribution is -0.134. The molecule has 1 N–H and O–H groups in total. The summed E-state index contributed by atoms with van der Waals surface area (Å²) in [4.78, 5) is 18.0. The van der Waals surface area contributed by atoms with Crippen molar-refractivity contribution in [3.8, 4) is 0 Å². The zero-order valence-corrected chi connectivity index (χ0v) is 18.3. The Balaban J connectivity index is 1.65. The number of aliphatic hydroxyl groups is 1. The predicted octanol–water partition coefficient (Wildman–Crippen LogP) is 4.67. The molecule has 4 nitrogen and oxygen atoms in total. The summed E-state index contributed by atoms with van der Waals surface area (Å²) in [6.45, 7) is 2.76. The maximum absolute atomic E-state index is 13.7. The molecule has 6 heteroatoms. The standard InChI is InChI=1S/C24H26Cl2N2O2/c25-21-10-9-18(14-22(21)26)20-8-4-5-12-28(24(20)30)23(17-6-2-1-3-7-17)16-27-13-11-19(29)15-27/h1-7,9-10,14,19-20,23,29H,8,11-13,15-16H2. The van der Waals surface area contributed by atoms with Crippen LogP contribution in [0.2, 0.25) is 10.0 Å². The molecule has 3 unspecified atom stereocenters. The summed E-state index contributed by atoms with van der Waals surface area (Å²) in [5.74, 6) is -0.208. The first-order chi connectivity index (χ1) is 14.5. The van der Waals surface area contributed by atoms with E-state index in [1.807, 2.05) is 29.2 Å². The molecule has 0 aliphatic carbocycles. The minimum Gasteiger partial charge on any atom is -0.392 e. The largest absolute Gasteiger partial charge is 0.392 e. The van der Waals surface area contributed by atoms with Crippen LogP contribution in [0.15, 0.2) is 60.7 Å². The summed E-state index contributed by atoms with van der Waals surface area (Å²) in [7, 11) is 0. The Morgan fingerprint density at radius 1 is 1.07 bits per heavy atom. The van der Waals surface area contributed by atoms with E-state index >= 15 is 0 Å². The number of benzene rings is 2. The quantitative estimate of drug-likeness (QED) is 0.681. The fraction of sp³-hybridized carbons (Fsp3) is 0.375. The number of halogens is 2. The lowest BCUT2D eigenvalue weighted by Crippen LogP contribution is -2.42. The van der Waals surface area contributed by atoms with E-state index in [-0.39, 0.29) is 24.0 Å². The zero-order chi connectivity index (χ0) is 21.1. The average Bonchev–Trinajstić information content (AvgIpc) is 3.07. The fourth-order valence-corrected chi connectivity index (χ4v) is 4.69. The Bertz CT molecular complexity index is 919. The fourth-order valence-electron chi connectivity index (χ4n) is 4.38. The minimum atomic E-state index is -0.297. The van der Waals surface area contributed by atoms with E-state index < -0.39 is 0 Å². The molecule has 158 valence electrons. The van der Waals surface area contributed by atoms with Gasteiger partial charge in [-0.2, -0.15) is 0 Å². The Labute approximate surface area is 187 Å². The molecule has 2 aliphatic heterocycles. The monoisotopic (exact) mass is 444 g/mol. The van der Waals surface area contributed by atoms with Crippen LogP contribution in [-0.4, -0.2) is 53.1 Å². The first kappa shape index (κ1) is 21.4. The number of carbonyl (C=O) groups is 1. The second-order valence-electron chi connectivity index (χ2n) is 8.05. The normalized spacial score (nSPS) is 23.6. The summed E-state index contributed by atoms with van der Waals surface area (Å²) >= 11 is 12.3. The number of aliphatic hydroxyl groups excluding tert-OH is 1. The molecule has 2 heterocycles. The Morgan fingerprint density at radius 3 is 2.57 bits per heavy atom. The van der Waals surface area contributed by atoms with Gasteiger partial charge in [0, 0.05) is 26.2 Å². The van der Waals surface area contributed by atoms with E-state index in [2.05, 4.69) is 29.2 Å². The van der Waals surface area contributed by atoms with Gasteiger partial charge in [-0.25, -0.2) is 0 Å². The van der Waals surface area contributed by atoms with Gasteiger partial charge in [0.2, 0.25) is 5.91 Å². The van der Waals surface area contributed by atoms with Crippen molar-refractivity contribution in [2.24, 2.45) is 0 Å². The van der Waals surface area contributed by atoms with Crippen LogP contribution < -0.4 is 0 Å². The molecule has 4 rings (SSSR count). The lowest BCUT2D eigenvalue weighted by atomic mass is 9.93. The first-order valence-corrected chi connectivity index (χ1v) is 11.1. The van der Waals surface area contributed by atoms with Crippen molar-refractivity contribution < 1.29 is 9.90 Å². The summed E-state index contributed by atoms with van der Waals surface area (Å²) in [6.07, 6.45) is 5.28. The van der Waals surface area contributed by atoms with Crippen molar-refractivity contribution >= 4 is 29.1 Å². The molecule has 1 saturated heterocycles. The molecule has 0 bridgehead atoms. The molecule has 0 saturated carbocycles. The van der Waals surface area contributed by atoms with Crippen molar-refractivity contribution in [3.05, 3.63) is 81.9 Å². The van der Waals surface area contributed by atoms with Crippen LogP contribution in [0.3, 0.4) is 0 Å². The number of allylic oxidation sites excluding steroid dienone is 1. The van der Waals surface area contributed by atoms with Crippen molar-refractivity contribution in [3.63, 3.8) is 0 Å². The van der Waals surface area contributed by atoms with Crippen LogP contribution in [-0.2, 0) is 4.79 Å². The van der Waals surface area contributed by atoms with Gasteiger partial charge in [-0.05, 0) is 36.1 Å². The topological polar surface area (TPSA) is 43.8 Å². The number of nitrogens with zero attached hydrogens (tertiary/aromatic N) is 2. The SMILES string of the molecule is O=C1C(c2ccc(Cl)c(Cl)c2)CC=CCN1C(CN1CCC(O)C1)c1ccccc1. The van der Waals surface area contributed by atoms with Crippen molar-refractivity contribution in [2.75, 3.05) is 26.2 Å². The van der Waals surface area contributed by atoms with Gasteiger partial charge in [0.05, 0.1) is 28.1 Å². The molecular weight excluding hydrogens is 419 g/mol. The second-order valence-corrected chi connectivity index (χ2v) is 8.87. The molecule has 0 aromatic heterocycles. The molecule has 2 aliphatic rings. The molecular formula is C24H26Cl2N2O2. The van der Waals surface area contributed by atoms with Crippen LogP contribution in [0.5, 0.6) is 0 Å². The second kappa shape index (κ2) is 9.52. The van der Waals surface area contributed by atoms with E-state index in [1.165, 1.54) is 0 Å². The van der Waals surface area contributed by atoms with E-state index in [9.17, 15) is 9.90 Å². The number of β-amino-alcohol motifs (C(OH)–C–C–N with tert-alkyl or cyclic N) is 1. The first-order valence-electron chi connectivity index (χ1n) is 10.4. The Morgan fingerprint density at radius 2 is 1.87 bits per heavy atom. The summed E-state index contributed by atoms with van der Waals surface area (Å²) in [6, 6.07) is 15.5. The van der Waals surface area contributed by atoms with Crippen molar-refractivity contribution in [1.29, 1.82) is 0 Å². The third-order valence-electron chi connectivity index (χ3n) is 6.01.